The molecule has 1 rings (SSSR count). The fraction of sp³-hybridized carbons (Fsp3) is 0.762. The van der Waals surface area contributed by atoms with E-state index in [-0.39, 0.29) is 18.2 Å². The van der Waals surface area contributed by atoms with Crippen molar-refractivity contribution in [2.75, 3.05) is 13.1 Å². The maximum Gasteiger partial charge on any atom is 0.326 e. The van der Waals surface area contributed by atoms with Gasteiger partial charge < -0.3 is 37.2 Å². The molecule has 0 aromatic heterocycles. The molecule has 1 aliphatic heterocycles. The van der Waals surface area contributed by atoms with E-state index in [1.807, 2.05) is 13.8 Å². The largest absolute Gasteiger partial charge is 0.481 e. The predicted octanol–water partition coefficient (Wildman–Crippen LogP) is -0.991. The first-order valence-electron chi connectivity index (χ1n) is 11.3. The molecule has 12 heteroatoms. The van der Waals surface area contributed by atoms with Gasteiger partial charge in [0.15, 0.2) is 0 Å². The van der Waals surface area contributed by atoms with Crippen LogP contribution in [0.5, 0.6) is 0 Å². The van der Waals surface area contributed by atoms with Gasteiger partial charge in [0.05, 0.1) is 12.5 Å². The molecule has 0 spiro atoms. The second-order valence-electron chi connectivity index (χ2n) is 8.77. The summed E-state index contributed by atoms with van der Waals surface area (Å²) < 4.78 is 0. The minimum Gasteiger partial charge on any atom is -0.481 e. The van der Waals surface area contributed by atoms with Crippen molar-refractivity contribution >= 4 is 29.7 Å². The van der Waals surface area contributed by atoms with Gasteiger partial charge in [0.1, 0.15) is 18.1 Å². The van der Waals surface area contributed by atoms with Crippen molar-refractivity contribution in [3.63, 3.8) is 0 Å². The zero-order valence-electron chi connectivity index (χ0n) is 19.3. The number of carbonyl (C=O) groups is 5. The first-order chi connectivity index (χ1) is 15.5. The van der Waals surface area contributed by atoms with Crippen LogP contribution in [0, 0.1) is 5.92 Å². The van der Waals surface area contributed by atoms with Gasteiger partial charge in [0.25, 0.3) is 0 Å². The molecule has 1 heterocycles. The summed E-state index contributed by atoms with van der Waals surface area (Å²) in [5, 5.41) is 22.9. The second kappa shape index (κ2) is 13.7. The molecule has 8 N–H and O–H groups in total. The topological polar surface area (TPSA) is 205 Å². The molecule has 33 heavy (non-hydrogen) atoms. The summed E-state index contributed by atoms with van der Waals surface area (Å²) in [5.41, 5.74) is 11.5. The van der Waals surface area contributed by atoms with Gasteiger partial charge in [-0.15, -0.1) is 0 Å². The number of carboxylic acid groups (broad SMARTS) is 2. The molecular weight excluding hydrogens is 434 g/mol. The normalized spacial score (nSPS) is 18.5. The van der Waals surface area contributed by atoms with E-state index in [0.29, 0.717) is 45.2 Å². The Kier molecular flexibility index (Phi) is 11.8. The summed E-state index contributed by atoms with van der Waals surface area (Å²) >= 11 is 0. The number of unbranched alkanes of at least 4 members (excludes halogenated alkanes) is 1. The Morgan fingerprint density at radius 2 is 1.73 bits per heavy atom. The molecule has 0 radical (unpaired) electrons. The van der Waals surface area contributed by atoms with Crippen LogP contribution in [0.2, 0.25) is 0 Å². The number of amides is 3. The highest BCUT2D eigenvalue weighted by Crippen LogP contribution is 2.20. The minimum atomic E-state index is -1.64. The number of nitrogens with zero attached hydrogens (tertiary/aromatic N) is 1. The van der Waals surface area contributed by atoms with E-state index >= 15 is 0 Å². The number of carbonyl (C=O) groups excluding carboxylic acids is 3. The van der Waals surface area contributed by atoms with Gasteiger partial charge in [-0.1, -0.05) is 13.8 Å². The van der Waals surface area contributed by atoms with E-state index < -0.39 is 54.3 Å². The summed E-state index contributed by atoms with van der Waals surface area (Å²) in [6.45, 7) is 4.64. The molecule has 3 amide bonds. The molecule has 1 saturated heterocycles. The zero-order chi connectivity index (χ0) is 25.1. The third-order valence-electron chi connectivity index (χ3n) is 5.45. The van der Waals surface area contributed by atoms with Gasteiger partial charge in [-0.05, 0) is 51.0 Å². The number of nitrogens with two attached hydrogens (primary N) is 2. The van der Waals surface area contributed by atoms with Crippen LogP contribution in [0.4, 0.5) is 0 Å². The average Bonchev–Trinajstić information content (AvgIpc) is 3.20. The summed E-state index contributed by atoms with van der Waals surface area (Å²) in [6.07, 6.45) is 1.95. The van der Waals surface area contributed by atoms with Crippen molar-refractivity contribution in [3.05, 3.63) is 0 Å². The van der Waals surface area contributed by atoms with Crippen molar-refractivity contribution < 1.29 is 34.2 Å². The Morgan fingerprint density at radius 3 is 2.27 bits per heavy atom. The first-order valence-corrected chi connectivity index (χ1v) is 11.3. The SMILES string of the molecule is CC(C)CC(N)C(=O)N1CCCC1C(=O)NC(CCCCN)C(=O)NC(CC(=O)O)C(=O)O. The lowest BCUT2D eigenvalue weighted by atomic mass is 10.0. The standard InChI is InChI=1S/C21H37N5O7/c1-12(2)10-13(23)20(31)26-9-5-7-16(26)19(30)24-14(6-3-4-8-22)18(29)25-15(21(32)33)11-17(27)28/h12-16H,3-11,22-23H2,1-2H3,(H,24,30)(H,25,29)(H,27,28)(H,32,33). The lowest BCUT2D eigenvalue weighted by molar-refractivity contribution is -0.147. The maximum absolute atomic E-state index is 13.0. The number of carboxylic acids is 2. The molecule has 188 valence electrons. The van der Waals surface area contributed by atoms with Crippen molar-refractivity contribution in [1.29, 1.82) is 0 Å². The Balaban J connectivity index is 2.91. The Hall–Kier alpha value is -2.73. The number of nitrogens with one attached hydrogen (secondary N) is 2. The monoisotopic (exact) mass is 471 g/mol. The fourth-order valence-corrected chi connectivity index (χ4v) is 3.80. The van der Waals surface area contributed by atoms with Crippen molar-refractivity contribution in [3.8, 4) is 0 Å². The molecule has 1 aliphatic rings. The minimum absolute atomic E-state index is 0.182. The molecule has 4 atom stereocenters. The van der Waals surface area contributed by atoms with Gasteiger partial charge in [-0.3, -0.25) is 19.2 Å². The van der Waals surface area contributed by atoms with Crippen LogP contribution in [0.15, 0.2) is 0 Å². The molecule has 0 aliphatic carbocycles. The smallest absolute Gasteiger partial charge is 0.326 e. The van der Waals surface area contributed by atoms with E-state index in [4.69, 9.17) is 16.6 Å². The van der Waals surface area contributed by atoms with E-state index in [1.54, 1.807) is 0 Å². The zero-order valence-corrected chi connectivity index (χ0v) is 19.3. The average molecular weight is 472 g/mol. The second-order valence-corrected chi connectivity index (χ2v) is 8.77. The molecule has 0 aromatic rings. The third-order valence-corrected chi connectivity index (χ3v) is 5.45. The van der Waals surface area contributed by atoms with Gasteiger partial charge in [-0.25, -0.2) is 4.79 Å². The van der Waals surface area contributed by atoms with Crippen LogP contribution in [0.25, 0.3) is 0 Å². The van der Waals surface area contributed by atoms with E-state index in [1.165, 1.54) is 4.90 Å². The van der Waals surface area contributed by atoms with Gasteiger partial charge in [-0.2, -0.15) is 0 Å². The molecule has 0 bridgehead atoms. The number of hydrogen-bond acceptors (Lipinski definition) is 7. The van der Waals surface area contributed by atoms with E-state index in [9.17, 15) is 29.1 Å². The van der Waals surface area contributed by atoms with Crippen LogP contribution < -0.4 is 22.1 Å². The van der Waals surface area contributed by atoms with Crippen LogP contribution in [-0.4, -0.2) is 82.0 Å². The first kappa shape index (κ1) is 28.3. The molecule has 0 aromatic carbocycles. The maximum atomic E-state index is 13.0. The van der Waals surface area contributed by atoms with Gasteiger partial charge in [0.2, 0.25) is 17.7 Å². The Morgan fingerprint density at radius 1 is 1.06 bits per heavy atom. The third kappa shape index (κ3) is 9.34. The van der Waals surface area contributed by atoms with Crippen LogP contribution >= 0.6 is 0 Å². The van der Waals surface area contributed by atoms with Gasteiger partial charge in [0, 0.05) is 6.54 Å². The highest BCUT2D eigenvalue weighted by molar-refractivity contribution is 5.94. The highest BCUT2D eigenvalue weighted by Gasteiger charge is 2.38. The van der Waals surface area contributed by atoms with Gasteiger partial charge >= 0.3 is 11.9 Å². The summed E-state index contributed by atoms with van der Waals surface area (Å²) in [7, 11) is 0. The number of likely N-dealkylation sites (tertiary alicyclic amines) is 1. The van der Waals surface area contributed by atoms with Crippen LogP contribution in [-0.2, 0) is 24.0 Å². The summed E-state index contributed by atoms with van der Waals surface area (Å²) in [6, 6.07) is -4.24. The lowest BCUT2D eigenvalue weighted by Gasteiger charge is -2.29. The predicted molar refractivity (Wildman–Crippen MR) is 119 cm³/mol. The van der Waals surface area contributed by atoms with Crippen LogP contribution in [0.1, 0.15) is 58.8 Å². The van der Waals surface area contributed by atoms with Crippen molar-refractivity contribution in [2.45, 2.75) is 83.0 Å². The molecule has 1 fully saturated rings. The molecule has 4 unspecified atom stereocenters. The highest BCUT2D eigenvalue weighted by atomic mass is 16.4. The van der Waals surface area contributed by atoms with Crippen molar-refractivity contribution in [1.82, 2.24) is 15.5 Å². The number of hydrogen-bond donors (Lipinski definition) is 6. The summed E-state index contributed by atoms with van der Waals surface area (Å²) in [5.74, 6) is -4.33. The van der Waals surface area contributed by atoms with E-state index in [2.05, 4.69) is 10.6 Å². The van der Waals surface area contributed by atoms with Crippen molar-refractivity contribution in [2.24, 2.45) is 17.4 Å². The molecule has 0 saturated carbocycles. The molecular formula is C21H37N5O7. The lowest BCUT2D eigenvalue weighted by Crippen LogP contribution is -2.56. The number of rotatable bonds is 14. The van der Waals surface area contributed by atoms with E-state index in [0.717, 1.165) is 0 Å². The molecule has 12 nitrogen and oxygen atoms in total. The number of aliphatic carboxylic acids is 2. The Bertz CT molecular complexity index is 715. The fourth-order valence-electron chi connectivity index (χ4n) is 3.80. The summed E-state index contributed by atoms with van der Waals surface area (Å²) in [4.78, 5) is 62.1. The van der Waals surface area contributed by atoms with Crippen LogP contribution in [0.3, 0.4) is 0 Å². The quantitative estimate of drug-likeness (QED) is 0.172. The Labute approximate surface area is 193 Å².